The van der Waals surface area contributed by atoms with Gasteiger partial charge in [-0.2, -0.15) is 0 Å². The van der Waals surface area contributed by atoms with Crippen molar-refractivity contribution in [1.82, 2.24) is 4.98 Å². The van der Waals surface area contributed by atoms with Gasteiger partial charge in [0.05, 0.1) is 12.8 Å². The lowest BCUT2D eigenvalue weighted by Crippen LogP contribution is -1.99. The van der Waals surface area contributed by atoms with E-state index in [1.807, 2.05) is 18.2 Å². The molecule has 0 atom stereocenters. The van der Waals surface area contributed by atoms with Gasteiger partial charge >= 0.3 is 0 Å². The van der Waals surface area contributed by atoms with Gasteiger partial charge in [-0.1, -0.05) is 23.2 Å². The molecule has 3 rings (SSSR count). The van der Waals surface area contributed by atoms with Crippen molar-refractivity contribution in [2.45, 2.75) is 33.1 Å². The largest absolute Gasteiger partial charge is 0.496 e. The van der Waals surface area contributed by atoms with Gasteiger partial charge in [0.1, 0.15) is 5.75 Å². The summed E-state index contributed by atoms with van der Waals surface area (Å²) in [5.74, 6) is 0.824. The van der Waals surface area contributed by atoms with Crippen LogP contribution in [-0.4, -0.2) is 18.6 Å². The van der Waals surface area contributed by atoms with Crippen molar-refractivity contribution < 1.29 is 4.74 Å². The number of fused-ring (bicyclic) bond motifs is 1. The van der Waals surface area contributed by atoms with Crippen molar-refractivity contribution in [3.8, 4) is 17.0 Å². The molecule has 3 nitrogen and oxygen atoms in total. The number of rotatable bonds is 6. The smallest absolute Gasteiger partial charge is 0.128 e. The van der Waals surface area contributed by atoms with Gasteiger partial charge < -0.3 is 15.5 Å². The number of benzene rings is 2. The molecule has 1 aromatic heterocycles. The summed E-state index contributed by atoms with van der Waals surface area (Å²) in [5.41, 5.74) is 12.8. The van der Waals surface area contributed by atoms with E-state index in [2.05, 4.69) is 31.0 Å². The Morgan fingerprint density at radius 3 is 2.64 bits per heavy atom. The van der Waals surface area contributed by atoms with Crippen LogP contribution in [0.4, 0.5) is 0 Å². The number of unbranched alkanes of at least 4 members (excludes halogenated alkanes) is 1. The summed E-state index contributed by atoms with van der Waals surface area (Å²) >= 11 is 6.27. The second-order valence-electron chi connectivity index (χ2n) is 6.57. The Hall–Kier alpha value is -1.97. The average molecular weight is 357 g/mol. The predicted molar refractivity (Wildman–Crippen MR) is 107 cm³/mol. The van der Waals surface area contributed by atoms with Gasteiger partial charge in [0.15, 0.2) is 0 Å². The van der Waals surface area contributed by atoms with E-state index in [0.29, 0.717) is 5.02 Å². The Morgan fingerprint density at radius 2 is 1.92 bits per heavy atom. The Bertz CT molecular complexity index is 899. The lowest BCUT2D eigenvalue weighted by atomic mass is 9.98. The first-order valence-corrected chi connectivity index (χ1v) is 9.08. The molecule has 0 saturated carbocycles. The predicted octanol–water partition coefficient (Wildman–Crippen LogP) is 5.40. The lowest BCUT2D eigenvalue weighted by molar-refractivity contribution is 0.416. The minimum absolute atomic E-state index is 0.704. The van der Waals surface area contributed by atoms with E-state index in [9.17, 15) is 0 Å². The molecule has 0 unspecified atom stereocenters. The van der Waals surface area contributed by atoms with Crippen molar-refractivity contribution >= 4 is 22.5 Å². The zero-order chi connectivity index (χ0) is 18.0. The molecule has 0 saturated heterocycles. The van der Waals surface area contributed by atoms with Crippen molar-refractivity contribution in [2.75, 3.05) is 13.7 Å². The number of methoxy groups -OCH3 is 1. The van der Waals surface area contributed by atoms with Crippen LogP contribution in [0.3, 0.4) is 0 Å². The van der Waals surface area contributed by atoms with Crippen molar-refractivity contribution in [3.05, 3.63) is 52.0 Å². The molecular formula is C21H25ClN2O. The monoisotopic (exact) mass is 356 g/mol. The van der Waals surface area contributed by atoms with Gasteiger partial charge in [0.2, 0.25) is 0 Å². The lowest BCUT2D eigenvalue weighted by Gasteiger charge is -2.10. The fourth-order valence-corrected chi connectivity index (χ4v) is 3.69. The third-order valence-corrected chi connectivity index (χ3v) is 4.90. The fraction of sp³-hybridized carbons (Fsp3) is 0.333. The summed E-state index contributed by atoms with van der Waals surface area (Å²) in [5, 5.41) is 1.99. The number of aryl methyl sites for hydroxylation is 3. The molecule has 0 spiro atoms. The summed E-state index contributed by atoms with van der Waals surface area (Å²) in [6.45, 7) is 5.01. The highest BCUT2D eigenvalue weighted by Crippen LogP contribution is 2.39. The number of aromatic nitrogens is 1. The van der Waals surface area contributed by atoms with Crippen molar-refractivity contribution in [1.29, 1.82) is 0 Å². The van der Waals surface area contributed by atoms with Crippen LogP contribution < -0.4 is 10.5 Å². The van der Waals surface area contributed by atoms with Crippen LogP contribution in [0.15, 0.2) is 30.3 Å². The normalized spacial score (nSPS) is 11.2. The SMILES string of the molecule is COc1ccc(Cl)cc1-c1[nH]c2c(C)cc(C)cc2c1CCCCN. The van der Waals surface area contributed by atoms with Crippen LogP contribution in [0.25, 0.3) is 22.2 Å². The molecule has 3 N–H and O–H groups in total. The van der Waals surface area contributed by atoms with Crippen LogP contribution in [-0.2, 0) is 6.42 Å². The number of hydrogen-bond donors (Lipinski definition) is 2. The van der Waals surface area contributed by atoms with Crippen LogP contribution in [0.5, 0.6) is 5.75 Å². The molecule has 25 heavy (non-hydrogen) atoms. The van der Waals surface area contributed by atoms with E-state index in [1.54, 1.807) is 7.11 Å². The summed E-state index contributed by atoms with van der Waals surface area (Å²) in [6, 6.07) is 10.2. The molecule has 0 bridgehead atoms. The summed E-state index contributed by atoms with van der Waals surface area (Å²) in [6.07, 6.45) is 3.06. The third kappa shape index (κ3) is 3.53. The molecule has 4 heteroatoms. The number of ether oxygens (including phenoxy) is 1. The number of hydrogen-bond acceptors (Lipinski definition) is 2. The molecular weight excluding hydrogens is 332 g/mol. The highest BCUT2D eigenvalue weighted by Gasteiger charge is 2.18. The number of nitrogens with one attached hydrogen (secondary N) is 1. The van der Waals surface area contributed by atoms with Gasteiger partial charge in [0, 0.05) is 21.5 Å². The molecule has 0 aliphatic heterocycles. The fourth-order valence-electron chi connectivity index (χ4n) is 3.52. The maximum absolute atomic E-state index is 6.27. The van der Waals surface area contributed by atoms with E-state index in [-0.39, 0.29) is 0 Å². The second-order valence-corrected chi connectivity index (χ2v) is 7.01. The number of aromatic amines is 1. The summed E-state index contributed by atoms with van der Waals surface area (Å²) < 4.78 is 5.59. The van der Waals surface area contributed by atoms with E-state index in [0.717, 1.165) is 42.8 Å². The molecule has 0 radical (unpaired) electrons. The standard InChI is InChI=1S/C21H25ClN2O/c1-13-10-14(2)20-17(11-13)16(6-4-5-9-23)21(24-20)18-12-15(22)7-8-19(18)25-3/h7-8,10-12,24H,4-6,9,23H2,1-3H3. The Labute approximate surface area is 154 Å². The quantitative estimate of drug-likeness (QED) is 0.581. The average Bonchev–Trinajstić information content (AvgIpc) is 2.94. The Balaban J connectivity index is 2.25. The van der Waals surface area contributed by atoms with E-state index in [1.165, 1.54) is 27.6 Å². The third-order valence-electron chi connectivity index (χ3n) is 4.67. The zero-order valence-corrected chi connectivity index (χ0v) is 15.8. The molecule has 0 aliphatic rings. The van der Waals surface area contributed by atoms with Crippen LogP contribution in [0.1, 0.15) is 29.5 Å². The topological polar surface area (TPSA) is 51.0 Å². The molecule has 0 amide bonds. The summed E-state index contributed by atoms with van der Waals surface area (Å²) in [4.78, 5) is 3.63. The van der Waals surface area contributed by atoms with Gasteiger partial charge in [0.25, 0.3) is 0 Å². The van der Waals surface area contributed by atoms with Crippen LogP contribution >= 0.6 is 11.6 Å². The van der Waals surface area contributed by atoms with Gasteiger partial charge in [-0.05, 0) is 75.0 Å². The maximum atomic E-state index is 6.27. The number of halogens is 1. The molecule has 2 aromatic carbocycles. The first-order valence-electron chi connectivity index (χ1n) is 8.71. The zero-order valence-electron chi connectivity index (χ0n) is 15.1. The van der Waals surface area contributed by atoms with Gasteiger partial charge in [-0.15, -0.1) is 0 Å². The number of H-pyrrole nitrogens is 1. The van der Waals surface area contributed by atoms with Crippen molar-refractivity contribution in [2.24, 2.45) is 5.73 Å². The minimum atomic E-state index is 0.704. The maximum Gasteiger partial charge on any atom is 0.128 e. The highest BCUT2D eigenvalue weighted by molar-refractivity contribution is 6.31. The van der Waals surface area contributed by atoms with Crippen molar-refractivity contribution in [3.63, 3.8) is 0 Å². The molecule has 0 fully saturated rings. The second kappa shape index (κ2) is 7.51. The molecule has 3 aromatic rings. The van der Waals surface area contributed by atoms with Crippen LogP contribution in [0.2, 0.25) is 5.02 Å². The van der Waals surface area contributed by atoms with Gasteiger partial charge in [-0.25, -0.2) is 0 Å². The van der Waals surface area contributed by atoms with E-state index >= 15 is 0 Å². The highest BCUT2D eigenvalue weighted by atomic mass is 35.5. The Kier molecular flexibility index (Phi) is 5.36. The van der Waals surface area contributed by atoms with Gasteiger partial charge in [-0.3, -0.25) is 0 Å². The summed E-state index contributed by atoms with van der Waals surface area (Å²) in [7, 11) is 1.69. The molecule has 1 heterocycles. The Morgan fingerprint density at radius 1 is 1.12 bits per heavy atom. The molecule has 0 aliphatic carbocycles. The van der Waals surface area contributed by atoms with Crippen LogP contribution in [0, 0.1) is 13.8 Å². The van der Waals surface area contributed by atoms with E-state index < -0.39 is 0 Å². The first-order chi connectivity index (χ1) is 12.0. The van der Waals surface area contributed by atoms with E-state index in [4.69, 9.17) is 22.1 Å². The first kappa shape index (κ1) is 17.8. The number of nitrogens with two attached hydrogens (primary N) is 1. The minimum Gasteiger partial charge on any atom is -0.496 e. The molecule has 132 valence electrons.